The maximum Gasteiger partial charge on any atom is 0.247 e. The lowest BCUT2D eigenvalue weighted by Crippen LogP contribution is -2.41. The Kier molecular flexibility index (Phi) is 4.91. The second kappa shape index (κ2) is 7.85. The Hall–Kier alpha value is -2.90. The molecular weight excluding hydrogens is 370 g/mol. The van der Waals surface area contributed by atoms with Gasteiger partial charge < -0.3 is 14.2 Å². The molecular formula is C22H23N3O4. The molecule has 2 aromatic carbocycles. The first-order chi connectivity index (χ1) is 14.3. The van der Waals surface area contributed by atoms with Crippen molar-refractivity contribution in [3.05, 3.63) is 59.2 Å². The third-order valence-electron chi connectivity index (χ3n) is 5.48. The van der Waals surface area contributed by atoms with Crippen molar-refractivity contribution in [3.63, 3.8) is 0 Å². The van der Waals surface area contributed by atoms with Crippen molar-refractivity contribution in [2.24, 2.45) is 5.10 Å². The predicted octanol–water partition coefficient (Wildman–Crippen LogP) is 1.88. The molecule has 0 bridgehead atoms. The van der Waals surface area contributed by atoms with E-state index in [1.165, 1.54) is 0 Å². The summed E-state index contributed by atoms with van der Waals surface area (Å²) in [5.74, 6) is 1.37. The number of nitrogens with zero attached hydrogens (tertiary/aromatic N) is 3. The van der Waals surface area contributed by atoms with Crippen LogP contribution in [0.5, 0.6) is 11.5 Å². The number of hydrogen-bond donors (Lipinski definition) is 0. The molecule has 1 fully saturated rings. The largest absolute Gasteiger partial charge is 0.454 e. The minimum absolute atomic E-state index is 0.00990. The molecule has 0 aliphatic carbocycles. The van der Waals surface area contributed by atoms with Crippen LogP contribution >= 0.6 is 0 Å². The molecule has 0 spiro atoms. The van der Waals surface area contributed by atoms with Crippen molar-refractivity contribution in [1.29, 1.82) is 0 Å². The average Bonchev–Trinajstić information content (AvgIpc) is 3.17. The lowest BCUT2D eigenvalue weighted by atomic mass is 9.95. The second-order valence-electron chi connectivity index (χ2n) is 7.32. The van der Waals surface area contributed by atoms with Gasteiger partial charge in [-0.2, -0.15) is 5.10 Å². The van der Waals surface area contributed by atoms with Gasteiger partial charge in [-0.05, 0) is 17.7 Å². The minimum Gasteiger partial charge on any atom is -0.454 e. The van der Waals surface area contributed by atoms with E-state index in [4.69, 9.17) is 19.3 Å². The number of carbonyl (C=O) groups excluding carboxylic acids is 1. The average molecular weight is 393 g/mol. The van der Waals surface area contributed by atoms with Crippen LogP contribution in [0.15, 0.2) is 47.6 Å². The van der Waals surface area contributed by atoms with Crippen molar-refractivity contribution >= 4 is 11.6 Å². The molecule has 3 heterocycles. The summed E-state index contributed by atoms with van der Waals surface area (Å²) in [6, 6.07) is 13.8. The fourth-order valence-corrected chi connectivity index (χ4v) is 3.88. The molecule has 7 nitrogen and oxygen atoms in total. The van der Waals surface area contributed by atoms with Crippen molar-refractivity contribution in [1.82, 2.24) is 9.91 Å². The van der Waals surface area contributed by atoms with E-state index in [1.807, 2.05) is 42.5 Å². The first kappa shape index (κ1) is 18.1. The first-order valence-electron chi connectivity index (χ1n) is 9.95. The Balaban J connectivity index is 1.50. The highest BCUT2D eigenvalue weighted by Crippen LogP contribution is 2.37. The summed E-state index contributed by atoms with van der Waals surface area (Å²) in [6.45, 7) is 4.79. The predicted molar refractivity (Wildman–Crippen MR) is 107 cm³/mol. The smallest absolute Gasteiger partial charge is 0.247 e. The molecule has 3 aliphatic heterocycles. The Morgan fingerprint density at radius 3 is 2.52 bits per heavy atom. The number of amides is 1. The van der Waals surface area contributed by atoms with Gasteiger partial charge in [-0.3, -0.25) is 9.69 Å². The zero-order chi connectivity index (χ0) is 19.6. The molecule has 0 aromatic heterocycles. The number of hydrazone groups is 1. The molecule has 0 radical (unpaired) electrons. The molecule has 3 aliphatic rings. The van der Waals surface area contributed by atoms with E-state index in [-0.39, 0.29) is 19.1 Å². The molecule has 29 heavy (non-hydrogen) atoms. The van der Waals surface area contributed by atoms with Gasteiger partial charge in [-0.15, -0.1) is 0 Å². The van der Waals surface area contributed by atoms with Gasteiger partial charge in [0, 0.05) is 30.8 Å². The van der Waals surface area contributed by atoms with Crippen molar-refractivity contribution in [2.45, 2.75) is 6.42 Å². The van der Waals surface area contributed by atoms with E-state index in [9.17, 15) is 4.79 Å². The topological polar surface area (TPSA) is 63.6 Å². The van der Waals surface area contributed by atoms with Gasteiger partial charge in [0.05, 0.1) is 31.9 Å². The van der Waals surface area contributed by atoms with E-state index in [1.54, 1.807) is 5.01 Å². The van der Waals surface area contributed by atoms with E-state index >= 15 is 0 Å². The fraction of sp³-hybridized carbons (Fsp3) is 0.364. The zero-order valence-electron chi connectivity index (χ0n) is 16.2. The number of hydrogen-bond acceptors (Lipinski definition) is 6. The van der Waals surface area contributed by atoms with Crippen LogP contribution in [-0.2, 0) is 16.0 Å². The standard InChI is InChI=1S/C22H23N3O4/c26-21-13-17-12-19-20(29-15-28-19)14-18(17)22(16-4-2-1-3-5-16)23-25(21)7-6-24-8-10-27-11-9-24/h1-5,12,14H,6-11,13,15H2. The number of benzene rings is 2. The summed E-state index contributed by atoms with van der Waals surface area (Å²) in [5.41, 5.74) is 3.59. The molecule has 1 saturated heterocycles. The summed E-state index contributed by atoms with van der Waals surface area (Å²) in [4.78, 5) is 15.3. The molecule has 0 N–H and O–H groups in total. The summed E-state index contributed by atoms with van der Waals surface area (Å²) in [5, 5.41) is 6.44. The van der Waals surface area contributed by atoms with Crippen molar-refractivity contribution < 1.29 is 19.0 Å². The summed E-state index contributed by atoms with van der Waals surface area (Å²) >= 11 is 0. The SMILES string of the molecule is O=C1Cc2cc3c(cc2C(c2ccccc2)=NN1CCN1CCOCC1)OCO3. The third kappa shape index (κ3) is 3.71. The van der Waals surface area contributed by atoms with Crippen LogP contribution in [0.4, 0.5) is 0 Å². The van der Waals surface area contributed by atoms with Gasteiger partial charge in [0.25, 0.3) is 0 Å². The van der Waals surface area contributed by atoms with Crippen LogP contribution in [0.2, 0.25) is 0 Å². The van der Waals surface area contributed by atoms with Crippen LogP contribution in [0.1, 0.15) is 16.7 Å². The zero-order valence-corrected chi connectivity index (χ0v) is 16.2. The molecule has 2 aromatic rings. The van der Waals surface area contributed by atoms with Gasteiger partial charge in [0.1, 0.15) is 0 Å². The fourth-order valence-electron chi connectivity index (χ4n) is 3.88. The lowest BCUT2D eigenvalue weighted by molar-refractivity contribution is -0.130. The molecule has 1 amide bonds. The molecule has 7 heteroatoms. The molecule has 0 atom stereocenters. The van der Waals surface area contributed by atoms with Gasteiger partial charge in [0.15, 0.2) is 11.5 Å². The number of morpholine rings is 1. The summed E-state index contributed by atoms with van der Waals surface area (Å²) in [6.07, 6.45) is 0.287. The highest BCUT2D eigenvalue weighted by molar-refractivity contribution is 6.15. The van der Waals surface area contributed by atoms with Gasteiger partial charge in [0.2, 0.25) is 12.7 Å². The van der Waals surface area contributed by atoms with E-state index in [2.05, 4.69) is 4.90 Å². The van der Waals surface area contributed by atoms with Crippen LogP contribution in [0.25, 0.3) is 0 Å². The van der Waals surface area contributed by atoms with Crippen LogP contribution in [0.3, 0.4) is 0 Å². The molecule has 0 unspecified atom stereocenters. The van der Waals surface area contributed by atoms with Crippen LogP contribution < -0.4 is 9.47 Å². The monoisotopic (exact) mass is 393 g/mol. The van der Waals surface area contributed by atoms with E-state index in [0.717, 1.165) is 55.3 Å². The highest BCUT2D eigenvalue weighted by atomic mass is 16.7. The number of fused-ring (bicyclic) bond motifs is 2. The number of ether oxygens (including phenoxy) is 3. The second-order valence-corrected chi connectivity index (χ2v) is 7.32. The highest BCUT2D eigenvalue weighted by Gasteiger charge is 2.28. The van der Waals surface area contributed by atoms with Crippen molar-refractivity contribution in [2.75, 3.05) is 46.2 Å². The Morgan fingerprint density at radius 1 is 0.966 bits per heavy atom. The maximum atomic E-state index is 13.0. The van der Waals surface area contributed by atoms with Crippen molar-refractivity contribution in [3.8, 4) is 11.5 Å². The van der Waals surface area contributed by atoms with Gasteiger partial charge in [-0.25, -0.2) is 5.01 Å². The van der Waals surface area contributed by atoms with E-state index in [0.29, 0.717) is 18.0 Å². The third-order valence-corrected chi connectivity index (χ3v) is 5.48. The van der Waals surface area contributed by atoms with Crippen LogP contribution in [-0.4, -0.2) is 67.7 Å². The molecule has 0 saturated carbocycles. The maximum absolute atomic E-state index is 13.0. The number of carbonyl (C=O) groups is 1. The van der Waals surface area contributed by atoms with Gasteiger partial charge >= 0.3 is 0 Å². The van der Waals surface area contributed by atoms with E-state index < -0.39 is 0 Å². The van der Waals surface area contributed by atoms with Gasteiger partial charge in [-0.1, -0.05) is 30.3 Å². The normalized spacial score (nSPS) is 19.0. The summed E-state index contributed by atoms with van der Waals surface area (Å²) < 4.78 is 16.5. The number of rotatable bonds is 4. The van der Waals surface area contributed by atoms with Crippen LogP contribution in [0, 0.1) is 0 Å². The Labute approximate surface area is 169 Å². The molecule has 5 rings (SSSR count). The first-order valence-corrected chi connectivity index (χ1v) is 9.95. The minimum atomic E-state index is -0.00990. The Bertz CT molecular complexity index is 939. The quantitative estimate of drug-likeness (QED) is 0.794. The Morgan fingerprint density at radius 2 is 1.72 bits per heavy atom. The lowest BCUT2D eigenvalue weighted by Gasteiger charge is -2.28. The molecule has 150 valence electrons. The summed E-state index contributed by atoms with van der Waals surface area (Å²) in [7, 11) is 0.